The van der Waals surface area contributed by atoms with Crippen molar-refractivity contribution in [1.29, 1.82) is 0 Å². The number of carbonyl (C=O) groups is 1. The quantitative estimate of drug-likeness (QED) is 0.649. The number of nitrogens with zero attached hydrogens (tertiary/aromatic N) is 1. The average Bonchev–Trinajstić information content (AvgIpc) is 2.39. The molecule has 1 aromatic carbocycles. The first kappa shape index (κ1) is 13.8. The highest BCUT2D eigenvalue weighted by Crippen LogP contribution is 2.22. The molecule has 2 N–H and O–H groups in total. The Balaban J connectivity index is 1.99. The van der Waals surface area contributed by atoms with E-state index in [-0.39, 0.29) is 17.6 Å². The SMILES string of the molecule is O=C1NCCCC1NCc1ccc([N+](=O)[O-])cc1Cl. The van der Waals surface area contributed by atoms with Crippen LogP contribution in [0.1, 0.15) is 18.4 Å². The molecule has 0 radical (unpaired) electrons. The van der Waals surface area contributed by atoms with Crippen LogP contribution in [0.2, 0.25) is 5.02 Å². The lowest BCUT2D eigenvalue weighted by atomic mass is 10.1. The molecule has 0 aliphatic carbocycles. The van der Waals surface area contributed by atoms with Crippen molar-refractivity contribution in [3.8, 4) is 0 Å². The van der Waals surface area contributed by atoms with Crippen molar-refractivity contribution in [3.05, 3.63) is 38.9 Å². The minimum absolute atomic E-state index is 0.00992. The Hall–Kier alpha value is -1.66. The second kappa shape index (κ2) is 5.99. The van der Waals surface area contributed by atoms with Crippen LogP contribution in [0.5, 0.6) is 0 Å². The maximum atomic E-state index is 11.5. The molecule has 1 aliphatic rings. The molecule has 1 amide bonds. The Kier molecular flexibility index (Phi) is 4.34. The summed E-state index contributed by atoms with van der Waals surface area (Å²) in [4.78, 5) is 21.7. The fourth-order valence-electron chi connectivity index (χ4n) is 1.99. The van der Waals surface area contributed by atoms with Gasteiger partial charge in [-0.3, -0.25) is 14.9 Å². The van der Waals surface area contributed by atoms with Gasteiger partial charge in [0.15, 0.2) is 0 Å². The van der Waals surface area contributed by atoms with E-state index in [4.69, 9.17) is 11.6 Å². The van der Waals surface area contributed by atoms with Gasteiger partial charge in [-0.25, -0.2) is 0 Å². The summed E-state index contributed by atoms with van der Waals surface area (Å²) in [6.07, 6.45) is 1.73. The summed E-state index contributed by atoms with van der Waals surface area (Å²) in [6, 6.07) is 4.11. The van der Waals surface area contributed by atoms with Crippen LogP contribution in [0.25, 0.3) is 0 Å². The topological polar surface area (TPSA) is 84.3 Å². The first-order valence-electron chi connectivity index (χ1n) is 6.02. The van der Waals surface area contributed by atoms with Gasteiger partial charge in [0.25, 0.3) is 5.69 Å². The molecule has 19 heavy (non-hydrogen) atoms. The maximum absolute atomic E-state index is 11.5. The number of amides is 1. The summed E-state index contributed by atoms with van der Waals surface area (Å²) in [7, 11) is 0. The van der Waals surface area contributed by atoms with E-state index in [1.807, 2.05) is 0 Å². The molecule has 0 spiro atoms. The third-order valence-electron chi connectivity index (χ3n) is 3.07. The Labute approximate surface area is 115 Å². The van der Waals surface area contributed by atoms with Crippen molar-refractivity contribution in [1.82, 2.24) is 10.6 Å². The summed E-state index contributed by atoms with van der Waals surface area (Å²) in [5, 5.41) is 16.8. The molecule has 1 aliphatic heterocycles. The van der Waals surface area contributed by atoms with E-state index < -0.39 is 4.92 Å². The van der Waals surface area contributed by atoms with E-state index in [9.17, 15) is 14.9 Å². The number of non-ortho nitro benzene ring substituents is 1. The molecular weight excluding hydrogens is 270 g/mol. The molecular formula is C12H14ClN3O3. The number of benzene rings is 1. The number of rotatable bonds is 4. The van der Waals surface area contributed by atoms with Crippen molar-refractivity contribution in [2.75, 3.05) is 6.54 Å². The smallest absolute Gasteiger partial charge is 0.270 e. The Bertz CT molecular complexity index is 507. The molecule has 102 valence electrons. The number of piperidine rings is 1. The van der Waals surface area contributed by atoms with Crippen molar-refractivity contribution in [3.63, 3.8) is 0 Å². The van der Waals surface area contributed by atoms with Gasteiger partial charge in [-0.05, 0) is 24.5 Å². The number of carbonyl (C=O) groups excluding carboxylic acids is 1. The van der Waals surface area contributed by atoms with E-state index in [0.29, 0.717) is 11.6 Å². The number of nitrogens with one attached hydrogen (secondary N) is 2. The summed E-state index contributed by atoms with van der Waals surface area (Å²) < 4.78 is 0. The lowest BCUT2D eigenvalue weighted by molar-refractivity contribution is -0.384. The fourth-order valence-corrected chi connectivity index (χ4v) is 2.23. The molecule has 7 heteroatoms. The van der Waals surface area contributed by atoms with Crippen LogP contribution in [-0.2, 0) is 11.3 Å². The lowest BCUT2D eigenvalue weighted by Crippen LogP contribution is -2.47. The van der Waals surface area contributed by atoms with E-state index in [1.165, 1.54) is 12.1 Å². The highest BCUT2D eigenvalue weighted by atomic mass is 35.5. The minimum atomic E-state index is -0.488. The van der Waals surface area contributed by atoms with Crippen LogP contribution in [0.15, 0.2) is 18.2 Å². The summed E-state index contributed by atoms with van der Waals surface area (Å²) in [6.45, 7) is 1.13. The zero-order chi connectivity index (χ0) is 13.8. The van der Waals surface area contributed by atoms with Gasteiger partial charge in [-0.1, -0.05) is 11.6 Å². The van der Waals surface area contributed by atoms with Crippen LogP contribution in [-0.4, -0.2) is 23.4 Å². The molecule has 1 unspecified atom stereocenters. The van der Waals surface area contributed by atoms with Gasteiger partial charge in [-0.15, -0.1) is 0 Å². The molecule has 6 nitrogen and oxygen atoms in total. The number of nitro groups is 1. The van der Waals surface area contributed by atoms with Crippen LogP contribution in [0, 0.1) is 10.1 Å². The van der Waals surface area contributed by atoms with Gasteiger partial charge in [0.1, 0.15) is 0 Å². The van der Waals surface area contributed by atoms with E-state index in [2.05, 4.69) is 10.6 Å². The first-order valence-corrected chi connectivity index (χ1v) is 6.39. The third-order valence-corrected chi connectivity index (χ3v) is 3.42. The third kappa shape index (κ3) is 3.42. The Morgan fingerprint density at radius 1 is 1.53 bits per heavy atom. The lowest BCUT2D eigenvalue weighted by Gasteiger charge is -2.23. The van der Waals surface area contributed by atoms with E-state index in [1.54, 1.807) is 6.07 Å². The Morgan fingerprint density at radius 2 is 2.32 bits per heavy atom. The standard InChI is InChI=1S/C12H14ClN3O3/c13-10-6-9(16(18)19)4-3-8(10)7-15-11-2-1-5-14-12(11)17/h3-4,6,11,15H,1-2,5,7H2,(H,14,17). The first-order chi connectivity index (χ1) is 9.08. The molecule has 1 fully saturated rings. The molecule has 0 aromatic heterocycles. The van der Waals surface area contributed by atoms with Gasteiger partial charge in [0.05, 0.1) is 16.0 Å². The van der Waals surface area contributed by atoms with Gasteiger partial charge < -0.3 is 10.6 Å². The number of nitro benzene ring substituents is 1. The van der Waals surface area contributed by atoms with Crippen LogP contribution >= 0.6 is 11.6 Å². The number of hydrogen-bond donors (Lipinski definition) is 2. The molecule has 1 saturated heterocycles. The number of hydrogen-bond acceptors (Lipinski definition) is 4. The zero-order valence-corrected chi connectivity index (χ0v) is 10.9. The molecule has 1 aromatic rings. The average molecular weight is 284 g/mol. The van der Waals surface area contributed by atoms with Gasteiger partial charge in [-0.2, -0.15) is 0 Å². The predicted octanol–water partition coefficient (Wildman–Crippen LogP) is 1.62. The van der Waals surface area contributed by atoms with Crippen molar-refractivity contribution in [2.45, 2.75) is 25.4 Å². The van der Waals surface area contributed by atoms with Gasteiger partial charge in [0.2, 0.25) is 5.91 Å². The predicted molar refractivity (Wildman–Crippen MR) is 71.0 cm³/mol. The summed E-state index contributed by atoms with van der Waals surface area (Å²) >= 11 is 5.98. The van der Waals surface area contributed by atoms with E-state index in [0.717, 1.165) is 24.9 Å². The summed E-state index contributed by atoms with van der Waals surface area (Å²) in [5.74, 6) is -0.00992. The minimum Gasteiger partial charge on any atom is -0.355 e. The van der Waals surface area contributed by atoms with E-state index >= 15 is 0 Å². The molecule has 1 heterocycles. The van der Waals surface area contributed by atoms with Crippen LogP contribution in [0.3, 0.4) is 0 Å². The monoisotopic (exact) mass is 283 g/mol. The zero-order valence-electron chi connectivity index (χ0n) is 10.2. The molecule has 0 bridgehead atoms. The number of halogens is 1. The van der Waals surface area contributed by atoms with Gasteiger partial charge >= 0.3 is 0 Å². The molecule has 0 saturated carbocycles. The molecule has 1 atom stereocenters. The second-order valence-corrected chi connectivity index (χ2v) is 4.81. The summed E-state index contributed by atoms with van der Waals surface area (Å²) in [5.41, 5.74) is 0.704. The largest absolute Gasteiger partial charge is 0.355 e. The van der Waals surface area contributed by atoms with Crippen LogP contribution in [0.4, 0.5) is 5.69 Å². The molecule has 2 rings (SSSR count). The fraction of sp³-hybridized carbons (Fsp3) is 0.417. The van der Waals surface area contributed by atoms with Gasteiger partial charge in [0, 0.05) is 25.2 Å². The normalized spacial score (nSPS) is 19.0. The van der Waals surface area contributed by atoms with Crippen molar-refractivity contribution in [2.24, 2.45) is 0 Å². The Morgan fingerprint density at radius 3 is 2.95 bits per heavy atom. The maximum Gasteiger partial charge on any atom is 0.270 e. The highest BCUT2D eigenvalue weighted by Gasteiger charge is 2.21. The van der Waals surface area contributed by atoms with Crippen molar-refractivity contribution >= 4 is 23.2 Å². The van der Waals surface area contributed by atoms with Crippen molar-refractivity contribution < 1.29 is 9.72 Å². The second-order valence-electron chi connectivity index (χ2n) is 4.40. The highest BCUT2D eigenvalue weighted by molar-refractivity contribution is 6.31. The van der Waals surface area contributed by atoms with Crippen LogP contribution < -0.4 is 10.6 Å².